The lowest BCUT2D eigenvalue weighted by atomic mass is 10.2. The van der Waals surface area contributed by atoms with Gasteiger partial charge in [-0.25, -0.2) is 4.79 Å². The fourth-order valence-corrected chi connectivity index (χ4v) is 1.75. The monoisotopic (exact) mass is 365 g/mol. The maximum atomic E-state index is 11.2. The van der Waals surface area contributed by atoms with Crippen molar-refractivity contribution in [2.24, 2.45) is 0 Å². The predicted octanol–water partition coefficient (Wildman–Crippen LogP) is 3.00. The van der Waals surface area contributed by atoms with Gasteiger partial charge < -0.3 is 14.8 Å². The van der Waals surface area contributed by atoms with E-state index in [1.807, 2.05) is 37.3 Å². The van der Waals surface area contributed by atoms with Gasteiger partial charge in [0.15, 0.2) is 0 Å². The van der Waals surface area contributed by atoms with Crippen molar-refractivity contribution in [2.75, 3.05) is 0 Å². The Labute approximate surface area is 119 Å². The second-order valence-corrected chi connectivity index (χ2v) is 5.41. The maximum Gasteiger partial charge on any atom is 0.516 e. The zero-order valence-corrected chi connectivity index (χ0v) is 12.2. The SMILES string of the molecule is CC(I)NC(=S)OC(=O)OCc1ccccc1. The van der Waals surface area contributed by atoms with E-state index in [-0.39, 0.29) is 15.8 Å². The van der Waals surface area contributed by atoms with Gasteiger partial charge in [-0.15, -0.1) is 0 Å². The molecule has 1 unspecified atom stereocenters. The highest BCUT2D eigenvalue weighted by molar-refractivity contribution is 14.1. The first kappa shape index (κ1) is 14.2. The van der Waals surface area contributed by atoms with Gasteiger partial charge in [0, 0.05) is 0 Å². The molecule has 1 atom stereocenters. The van der Waals surface area contributed by atoms with Crippen LogP contribution in [0.3, 0.4) is 0 Å². The molecule has 0 spiro atoms. The van der Waals surface area contributed by atoms with Gasteiger partial charge in [-0.1, -0.05) is 52.9 Å². The highest BCUT2D eigenvalue weighted by Crippen LogP contribution is 2.02. The van der Waals surface area contributed by atoms with Crippen LogP contribution >= 0.6 is 34.8 Å². The van der Waals surface area contributed by atoms with Crippen molar-refractivity contribution in [1.29, 1.82) is 0 Å². The molecule has 0 heterocycles. The number of hydrogen-bond donors (Lipinski definition) is 1. The number of ether oxygens (including phenoxy) is 2. The summed E-state index contributed by atoms with van der Waals surface area (Å²) in [6.45, 7) is 2.05. The molecular weight excluding hydrogens is 353 g/mol. The number of nitrogens with one attached hydrogen (secondary N) is 1. The van der Waals surface area contributed by atoms with E-state index in [0.29, 0.717) is 0 Å². The first-order chi connectivity index (χ1) is 8.08. The summed E-state index contributed by atoms with van der Waals surface area (Å²) in [7, 11) is 0. The Kier molecular flexibility index (Phi) is 6.20. The zero-order chi connectivity index (χ0) is 12.7. The smallest absolute Gasteiger partial charge is 0.429 e. The number of benzene rings is 1. The van der Waals surface area contributed by atoms with Crippen LogP contribution in [0.5, 0.6) is 0 Å². The summed E-state index contributed by atoms with van der Waals surface area (Å²) in [5.41, 5.74) is 0.894. The normalized spacial score (nSPS) is 11.4. The van der Waals surface area contributed by atoms with Crippen molar-refractivity contribution < 1.29 is 14.3 Å². The third-order valence-corrected chi connectivity index (χ3v) is 2.20. The fraction of sp³-hybridized carbons (Fsp3) is 0.273. The van der Waals surface area contributed by atoms with Crippen molar-refractivity contribution in [3.63, 3.8) is 0 Å². The summed E-state index contributed by atoms with van der Waals surface area (Å²) in [6, 6.07) is 9.35. The lowest BCUT2D eigenvalue weighted by Gasteiger charge is -2.09. The number of carbonyl (C=O) groups is 1. The molecule has 0 bridgehead atoms. The number of thiocarbonyl (C=S) groups is 1. The Hall–Kier alpha value is -0.890. The van der Waals surface area contributed by atoms with Crippen LogP contribution < -0.4 is 5.32 Å². The van der Waals surface area contributed by atoms with E-state index in [1.165, 1.54) is 0 Å². The molecule has 0 aliphatic rings. The highest BCUT2D eigenvalue weighted by Gasteiger charge is 2.09. The summed E-state index contributed by atoms with van der Waals surface area (Å²) in [5, 5.41) is 2.79. The number of rotatable bonds is 3. The van der Waals surface area contributed by atoms with Gasteiger partial charge in [0.1, 0.15) is 6.61 Å². The Morgan fingerprint density at radius 3 is 2.71 bits per heavy atom. The number of halogens is 1. The van der Waals surface area contributed by atoms with Gasteiger partial charge in [-0.2, -0.15) is 0 Å². The van der Waals surface area contributed by atoms with Crippen molar-refractivity contribution in [2.45, 2.75) is 17.6 Å². The van der Waals surface area contributed by atoms with E-state index in [1.54, 1.807) is 0 Å². The minimum Gasteiger partial charge on any atom is -0.429 e. The molecule has 0 saturated carbocycles. The zero-order valence-electron chi connectivity index (χ0n) is 9.18. The van der Waals surface area contributed by atoms with Gasteiger partial charge in [0.25, 0.3) is 5.17 Å². The van der Waals surface area contributed by atoms with Crippen molar-refractivity contribution in [3.8, 4) is 0 Å². The largest absolute Gasteiger partial charge is 0.516 e. The maximum absolute atomic E-state index is 11.2. The molecule has 4 nitrogen and oxygen atoms in total. The lowest BCUT2D eigenvalue weighted by Crippen LogP contribution is -2.30. The molecule has 1 rings (SSSR count). The molecule has 0 saturated heterocycles. The van der Waals surface area contributed by atoms with Crippen LogP contribution in [0.15, 0.2) is 30.3 Å². The minimum atomic E-state index is -0.802. The van der Waals surface area contributed by atoms with E-state index in [4.69, 9.17) is 21.7 Å². The topological polar surface area (TPSA) is 47.6 Å². The van der Waals surface area contributed by atoms with Gasteiger partial charge in [-0.3, -0.25) is 0 Å². The van der Waals surface area contributed by atoms with Crippen molar-refractivity contribution in [3.05, 3.63) is 35.9 Å². The Morgan fingerprint density at radius 1 is 1.47 bits per heavy atom. The molecule has 0 aromatic heterocycles. The standard InChI is InChI=1S/C11H12INO3S/c1-8(12)13-10(17)16-11(14)15-7-9-5-3-2-4-6-9/h2-6,8H,7H2,1H3,(H,13,17). The molecule has 92 valence electrons. The van der Waals surface area contributed by atoms with Crippen LogP contribution in [-0.4, -0.2) is 15.4 Å². The molecule has 0 amide bonds. The Morgan fingerprint density at radius 2 is 2.12 bits per heavy atom. The van der Waals surface area contributed by atoms with Crippen LogP contribution in [0.2, 0.25) is 0 Å². The van der Waals surface area contributed by atoms with Gasteiger partial charge in [-0.05, 0) is 24.7 Å². The third kappa shape index (κ3) is 6.42. The van der Waals surface area contributed by atoms with E-state index in [0.717, 1.165) is 5.56 Å². The van der Waals surface area contributed by atoms with Crippen LogP contribution in [0.25, 0.3) is 0 Å². The van der Waals surface area contributed by atoms with Crippen molar-refractivity contribution in [1.82, 2.24) is 5.32 Å². The number of alkyl halides is 1. The number of carbonyl (C=O) groups excluding carboxylic acids is 1. The van der Waals surface area contributed by atoms with Crippen LogP contribution in [-0.2, 0) is 16.1 Å². The summed E-state index contributed by atoms with van der Waals surface area (Å²) >= 11 is 6.90. The fourth-order valence-electron chi connectivity index (χ4n) is 1.01. The first-order valence-corrected chi connectivity index (χ1v) is 6.56. The molecule has 0 fully saturated rings. The molecular formula is C11H12INO3S. The molecule has 1 aromatic carbocycles. The molecule has 1 N–H and O–H groups in total. The van der Waals surface area contributed by atoms with E-state index in [2.05, 4.69) is 27.9 Å². The average Bonchev–Trinajstić information content (AvgIpc) is 2.26. The molecule has 6 heteroatoms. The third-order valence-electron chi connectivity index (χ3n) is 1.69. The van der Waals surface area contributed by atoms with E-state index >= 15 is 0 Å². The van der Waals surface area contributed by atoms with E-state index < -0.39 is 6.16 Å². The van der Waals surface area contributed by atoms with E-state index in [9.17, 15) is 4.79 Å². The lowest BCUT2D eigenvalue weighted by molar-refractivity contribution is 0.0888. The minimum absolute atomic E-state index is 0.0185. The van der Waals surface area contributed by atoms with Crippen LogP contribution in [0, 0.1) is 0 Å². The molecule has 17 heavy (non-hydrogen) atoms. The predicted molar refractivity (Wildman–Crippen MR) is 76.9 cm³/mol. The Bertz CT molecular complexity index is 384. The number of hydrogen-bond acceptors (Lipinski definition) is 4. The van der Waals surface area contributed by atoms with Crippen molar-refractivity contribution >= 4 is 46.1 Å². The summed E-state index contributed by atoms with van der Waals surface area (Å²) in [4.78, 5) is 11.2. The summed E-state index contributed by atoms with van der Waals surface area (Å²) < 4.78 is 9.71. The molecule has 0 aliphatic carbocycles. The van der Waals surface area contributed by atoms with Crippen LogP contribution in [0.1, 0.15) is 12.5 Å². The quantitative estimate of drug-likeness (QED) is 0.293. The summed E-state index contributed by atoms with van der Waals surface area (Å²) in [6.07, 6.45) is -0.802. The Balaban J connectivity index is 2.28. The summed E-state index contributed by atoms with van der Waals surface area (Å²) in [5.74, 6) is 0. The van der Waals surface area contributed by atoms with Gasteiger partial charge >= 0.3 is 6.16 Å². The second-order valence-electron chi connectivity index (χ2n) is 3.17. The molecule has 0 radical (unpaired) electrons. The average molecular weight is 365 g/mol. The molecule has 0 aliphatic heterocycles. The van der Waals surface area contributed by atoms with Crippen LogP contribution in [0.4, 0.5) is 4.79 Å². The highest BCUT2D eigenvalue weighted by atomic mass is 127. The van der Waals surface area contributed by atoms with Gasteiger partial charge in [0.2, 0.25) is 0 Å². The van der Waals surface area contributed by atoms with Gasteiger partial charge in [0.05, 0.1) is 4.05 Å². The first-order valence-electron chi connectivity index (χ1n) is 4.91. The molecule has 1 aromatic rings. The second kappa shape index (κ2) is 7.44.